The van der Waals surface area contributed by atoms with Crippen LogP contribution in [0.15, 0.2) is 143 Å². The lowest BCUT2D eigenvalue weighted by atomic mass is 10.00. The molecule has 0 atom stereocenters. The molecular formula is C36H26N6O2. The van der Waals surface area contributed by atoms with Crippen LogP contribution in [-0.4, -0.2) is 21.7 Å². The number of fused-ring (bicyclic) bond motifs is 5. The van der Waals surface area contributed by atoms with Crippen LogP contribution in [0.4, 0.5) is 17.1 Å². The average Bonchev–Trinajstić information content (AvgIpc) is 3.45. The number of phenolic OH excluding ortho intramolecular Hbond substituents is 1. The van der Waals surface area contributed by atoms with Gasteiger partial charge in [-0.3, -0.25) is 4.79 Å². The van der Waals surface area contributed by atoms with Gasteiger partial charge < -0.3 is 15.8 Å². The number of H-pyrrole nitrogens is 1. The zero-order chi connectivity index (χ0) is 30.0. The van der Waals surface area contributed by atoms with Crippen LogP contribution in [0.25, 0.3) is 32.6 Å². The Balaban J connectivity index is 1.38. The Morgan fingerprint density at radius 3 is 2.09 bits per heavy atom. The summed E-state index contributed by atoms with van der Waals surface area (Å²) in [4.78, 5) is 17.1. The van der Waals surface area contributed by atoms with Crippen molar-refractivity contribution in [3.8, 4) is 5.75 Å². The molecule has 8 nitrogen and oxygen atoms in total. The molecule has 8 heteroatoms. The van der Waals surface area contributed by atoms with E-state index in [1.807, 2.05) is 97.1 Å². The van der Waals surface area contributed by atoms with Crippen LogP contribution in [0.5, 0.6) is 5.75 Å². The fourth-order valence-corrected chi connectivity index (χ4v) is 5.35. The second kappa shape index (κ2) is 11.2. The number of nitrogens with one attached hydrogen (secondary N) is 2. The number of anilines is 1. The van der Waals surface area contributed by atoms with Gasteiger partial charge in [0.25, 0.3) is 5.91 Å². The molecule has 1 amide bonds. The lowest BCUT2D eigenvalue weighted by molar-refractivity contribution is 0.0952. The molecule has 0 radical (unpaired) electrons. The van der Waals surface area contributed by atoms with Crippen molar-refractivity contribution >= 4 is 61.3 Å². The van der Waals surface area contributed by atoms with Gasteiger partial charge in [0, 0.05) is 38.5 Å². The highest BCUT2D eigenvalue weighted by Crippen LogP contribution is 2.43. The number of hydrogen-bond acceptors (Lipinski definition) is 6. The van der Waals surface area contributed by atoms with Crippen molar-refractivity contribution in [2.24, 2.45) is 15.3 Å². The van der Waals surface area contributed by atoms with E-state index >= 15 is 0 Å². The summed E-state index contributed by atoms with van der Waals surface area (Å²) in [6.45, 7) is 0. The minimum absolute atomic E-state index is 0.0171. The number of nitrogens with two attached hydrogens (primary N) is 1. The first-order valence-electron chi connectivity index (χ1n) is 14.0. The smallest absolute Gasteiger partial charge is 0.275 e. The van der Waals surface area contributed by atoms with Crippen LogP contribution in [-0.2, 0) is 0 Å². The van der Waals surface area contributed by atoms with Crippen LogP contribution in [0.3, 0.4) is 0 Å². The van der Waals surface area contributed by atoms with Gasteiger partial charge in [-0.1, -0.05) is 91.0 Å². The lowest BCUT2D eigenvalue weighted by Crippen LogP contribution is -2.21. The van der Waals surface area contributed by atoms with Crippen molar-refractivity contribution in [2.75, 3.05) is 5.73 Å². The maximum absolute atomic E-state index is 13.7. The van der Waals surface area contributed by atoms with Crippen molar-refractivity contribution in [3.05, 3.63) is 144 Å². The number of phenols is 1. The Morgan fingerprint density at radius 2 is 1.39 bits per heavy atom. The molecule has 0 aliphatic heterocycles. The number of benzene rings is 6. The van der Waals surface area contributed by atoms with Gasteiger partial charge >= 0.3 is 0 Å². The maximum Gasteiger partial charge on any atom is 0.275 e. The summed E-state index contributed by atoms with van der Waals surface area (Å²) in [6, 6.07) is 39.6. The van der Waals surface area contributed by atoms with E-state index in [-0.39, 0.29) is 17.0 Å². The third-order valence-electron chi connectivity index (χ3n) is 7.50. The molecule has 6 aromatic carbocycles. The van der Waals surface area contributed by atoms with Crippen molar-refractivity contribution in [1.82, 2.24) is 10.4 Å². The third kappa shape index (κ3) is 4.90. The van der Waals surface area contributed by atoms with Crippen LogP contribution < -0.4 is 11.2 Å². The summed E-state index contributed by atoms with van der Waals surface area (Å²) in [6.07, 6.45) is 0. The molecule has 0 aliphatic rings. The van der Waals surface area contributed by atoms with E-state index < -0.39 is 5.91 Å². The fraction of sp³-hybridized carbons (Fsp3) is 0. The topological polar surface area (TPSA) is 128 Å². The van der Waals surface area contributed by atoms with E-state index in [1.54, 1.807) is 30.3 Å². The van der Waals surface area contributed by atoms with Gasteiger partial charge in [-0.15, -0.1) is 5.11 Å². The van der Waals surface area contributed by atoms with Crippen molar-refractivity contribution in [2.45, 2.75) is 0 Å². The summed E-state index contributed by atoms with van der Waals surface area (Å²) < 4.78 is 0. The number of hydrazone groups is 1. The van der Waals surface area contributed by atoms with E-state index in [1.165, 1.54) is 0 Å². The Morgan fingerprint density at radius 1 is 0.727 bits per heavy atom. The summed E-state index contributed by atoms with van der Waals surface area (Å²) >= 11 is 0. The molecule has 7 aromatic rings. The highest BCUT2D eigenvalue weighted by molar-refractivity contribution is 6.22. The molecule has 0 spiro atoms. The predicted octanol–water partition coefficient (Wildman–Crippen LogP) is 8.36. The molecule has 1 aromatic heterocycles. The number of rotatable bonds is 6. The zero-order valence-corrected chi connectivity index (χ0v) is 23.4. The highest BCUT2D eigenvalue weighted by Gasteiger charge is 2.21. The molecular weight excluding hydrogens is 548 g/mol. The second-order valence-corrected chi connectivity index (χ2v) is 10.3. The van der Waals surface area contributed by atoms with Gasteiger partial charge in [0.15, 0.2) is 5.75 Å². The number of carbonyl (C=O) groups excluding carboxylic acids is 1. The zero-order valence-electron chi connectivity index (χ0n) is 23.4. The molecule has 0 saturated heterocycles. The van der Waals surface area contributed by atoms with Gasteiger partial charge in [-0.2, -0.15) is 10.2 Å². The maximum atomic E-state index is 13.7. The normalized spacial score (nSPS) is 11.4. The molecule has 212 valence electrons. The number of amides is 1. The number of hydrogen-bond donors (Lipinski definition) is 4. The van der Waals surface area contributed by atoms with Crippen molar-refractivity contribution in [3.63, 3.8) is 0 Å². The molecule has 0 saturated carbocycles. The first-order chi connectivity index (χ1) is 21.6. The number of carbonyl (C=O) groups is 1. The Bertz CT molecular complexity index is 2180. The van der Waals surface area contributed by atoms with E-state index in [0.717, 1.165) is 32.9 Å². The SMILES string of the molecule is Nc1ccc(N=Nc2c(O)c(C(=O)NN=C(c3ccccc3)c3ccccc3)cc3ccc4c5ccccc5[nH]c4c23)cc1. The van der Waals surface area contributed by atoms with Crippen LogP contribution in [0, 0.1) is 0 Å². The summed E-state index contributed by atoms with van der Waals surface area (Å²) in [5.41, 5.74) is 13.8. The van der Waals surface area contributed by atoms with Gasteiger partial charge in [-0.25, -0.2) is 5.43 Å². The Kier molecular flexibility index (Phi) is 6.76. The monoisotopic (exact) mass is 574 g/mol. The number of aromatic amines is 1. The van der Waals surface area contributed by atoms with Gasteiger partial charge in [0.2, 0.25) is 0 Å². The second-order valence-electron chi connectivity index (χ2n) is 10.3. The molecule has 0 fully saturated rings. The minimum atomic E-state index is -0.588. The Labute approximate surface area is 252 Å². The standard InChI is InChI=1S/C36H26N6O2/c37-25-16-18-26(19-17-25)39-41-34-31-24(15-20-28-27-13-7-8-14-30(27)38-33(28)31)21-29(35(34)43)36(44)42-40-32(22-9-3-1-4-10-22)23-11-5-2-6-12-23/h1-21,38,43H,37H2,(H,42,44). The molecule has 44 heavy (non-hydrogen) atoms. The minimum Gasteiger partial charge on any atom is -0.505 e. The van der Waals surface area contributed by atoms with E-state index in [4.69, 9.17) is 5.73 Å². The summed E-state index contributed by atoms with van der Waals surface area (Å²) in [5.74, 6) is -0.897. The number of aromatic hydroxyl groups is 1. The van der Waals surface area contributed by atoms with Crippen molar-refractivity contribution < 1.29 is 9.90 Å². The number of aromatic nitrogens is 1. The molecule has 0 unspecified atom stereocenters. The van der Waals surface area contributed by atoms with E-state index in [0.29, 0.717) is 27.9 Å². The Hall–Kier alpha value is -6.28. The number of para-hydroxylation sites is 1. The molecule has 0 bridgehead atoms. The predicted molar refractivity (Wildman–Crippen MR) is 176 cm³/mol. The highest BCUT2D eigenvalue weighted by atomic mass is 16.3. The van der Waals surface area contributed by atoms with E-state index in [9.17, 15) is 9.90 Å². The average molecular weight is 575 g/mol. The van der Waals surface area contributed by atoms with Gasteiger partial charge in [0.1, 0.15) is 5.69 Å². The molecule has 5 N–H and O–H groups in total. The summed E-state index contributed by atoms with van der Waals surface area (Å²) in [5, 5.41) is 28.3. The van der Waals surface area contributed by atoms with E-state index in [2.05, 4.69) is 25.7 Å². The van der Waals surface area contributed by atoms with Gasteiger partial charge in [0.05, 0.1) is 22.5 Å². The number of azo groups is 1. The number of nitrogens with zero attached hydrogens (tertiary/aromatic N) is 3. The lowest BCUT2D eigenvalue weighted by Gasteiger charge is -2.12. The van der Waals surface area contributed by atoms with Crippen molar-refractivity contribution in [1.29, 1.82) is 0 Å². The summed E-state index contributed by atoms with van der Waals surface area (Å²) in [7, 11) is 0. The first kappa shape index (κ1) is 26.6. The first-order valence-corrected chi connectivity index (χ1v) is 14.0. The van der Waals surface area contributed by atoms with Crippen LogP contribution in [0.2, 0.25) is 0 Å². The van der Waals surface area contributed by atoms with Crippen LogP contribution >= 0.6 is 0 Å². The molecule has 0 aliphatic carbocycles. The molecule has 1 heterocycles. The fourth-order valence-electron chi connectivity index (χ4n) is 5.35. The molecule has 7 rings (SSSR count). The largest absolute Gasteiger partial charge is 0.505 e. The van der Waals surface area contributed by atoms with Crippen LogP contribution in [0.1, 0.15) is 21.5 Å². The van der Waals surface area contributed by atoms with Gasteiger partial charge in [-0.05, 0) is 41.8 Å². The quantitative estimate of drug-likeness (QED) is 0.0689. The number of nitrogen functional groups attached to an aromatic ring is 1. The third-order valence-corrected chi connectivity index (χ3v) is 7.50.